The van der Waals surface area contributed by atoms with E-state index in [-0.39, 0.29) is 18.1 Å². The first kappa shape index (κ1) is 21.0. The largest absolute Gasteiger partial charge is 0.416 e. The number of hydrogen-bond donors (Lipinski definition) is 1. The smallest absolute Gasteiger partial charge is 0.334 e. The topological polar surface area (TPSA) is 72.7 Å². The number of thiazole rings is 1. The number of halogens is 3. The van der Waals surface area contributed by atoms with Crippen LogP contribution < -0.4 is 5.32 Å². The summed E-state index contributed by atoms with van der Waals surface area (Å²) in [5, 5.41) is 3.54. The van der Waals surface area contributed by atoms with Crippen LogP contribution in [0, 0.1) is 0 Å². The zero-order valence-corrected chi connectivity index (χ0v) is 17.5. The summed E-state index contributed by atoms with van der Waals surface area (Å²) >= 11 is 1.36. The Labute approximate surface area is 179 Å². The predicted octanol–water partition coefficient (Wildman–Crippen LogP) is 5.56. The summed E-state index contributed by atoms with van der Waals surface area (Å²) in [6, 6.07) is 6.49. The highest BCUT2D eigenvalue weighted by molar-refractivity contribution is 7.15. The van der Waals surface area contributed by atoms with Gasteiger partial charge in [0.1, 0.15) is 11.2 Å². The molecule has 0 bridgehead atoms. The van der Waals surface area contributed by atoms with Gasteiger partial charge in [0.05, 0.1) is 23.6 Å². The summed E-state index contributed by atoms with van der Waals surface area (Å²) in [6.07, 6.45) is 0.827. The Kier molecular flexibility index (Phi) is 5.48. The van der Waals surface area contributed by atoms with E-state index in [1.807, 2.05) is 18.5 Å². The molecule has 1 N–H and O–H groups in total. The Morgan fingerprint density at radius 3 is 2.61 bits per heavy atom. The molecular weight excluding hydrogens is 427 g/mol. The van der Waals surface area contributed by atoms with Gasteiger partial charge in [0.15, 0.2) is 10.9 Å². The first-order valence-electron chi connectivity index (χ1n) is 9.41. The number of nitrogens with zero attached hydrogens (tertiary/aromatic N) is 4. The fourth-order valence-corrected chi connectivity index (χ4v) is 3.99. The summed E-state index contributed by atoms with van der Waals surface area (Å²) in [7, 11) is 1.86. The van der Waals surface area contributed by atoms with Gasteiger partial charge in [0.2, 0.25) is 0 Å². The molecule has 0 amide bonds. The van der Waals surface area contributed by atoms with Crippen LogP contribution in [0.5, 0.6) is 0 Å². The first-order chi connectivity index (χ1) is 14.7. The van der Waals surface area contributed by atoms with Gasteiger partial charge in [-0.3, -0.25) is 9.78 Å². The van der Waals surface area contributed by atoms with Gasteiger partial charge in [-0.15, -0.1) is 11.3 Å². The van der Waals surface area contributed by atoms with Crippen LogP contribution >= 0.6 is 11.3 Å². The minimum absolute atomic E-state index is 0.0822. The van der Waals surface area contributed by atoms with E-state index >= 15 is 0 Å². The monoisotopic (exact) mass is 445 g/mol. The van der Waals surface area contributed by atoms with Crippen LogP contribution in [0.25, 0.3) is 11.0 Å². The van der Waals surface area contributed by atoms with Crippen LogP contribution in [-0.4, -0.2) is 25.3 Å². The van der Waals surface area contributed by atoms with Gasteiger partial charge in [-0.25, -0.2) is 9.97 Å². The van der Waals surface area contributed by atoms with Crippen LogP contribution in [0.4, 0.5) is 24.0 Å². The minimum atomic E-state index is -4.37. The molecule has 0 unspecified atom stereocenters. The summed E-state index contributed by atoms with van der Waals surface area (Å²) < 4.78 is 39.9. The van der Waals surface area contributed by atoms with Crippen molar-refractivity contribution in [1.29, 1.82) is 0 Å². The van der Waals surface area contributed by atoms with E-state index in [2.05, 4.69) is 20.3 Å². The van der Waals surface area contributed by atoms with Crippen molar-refractivity contribution in [2.75, 3.05) is 5.32 Å². The zero-order chi connectivity index (χ0) is 22.2. The molecule has 31 heavy (non-hydrogen) atoms. The second-order valence-corrected chi connectivity index (χ2v) is 8.27. The Hall–Kier alpha value is -3.27. The average Bonchev–Trinajstić information content (AvgIpc) is 3.34. The maximum absolute atomic E-state index is 12.7. The van der Waals surface area contributed by atoms with Crippen molar-refractivity contribution in [3.05, 3.63) is 65.2 Å². The van der Waals surface area contributed by atoms with Gasteiger partial charge in [0.25, 0.3) is 0 Å². The number of pyridine rings is 1. The molecule has 0 aliphatic rings. The van der Waals surface area contributed by atoms with Gasteiger partial charge in [-0.1, -0.05) is 6.92 Å². The third-order valence-electron chi connectivity index (χ3n) is 4.86. The lowest BCUT2D eigenvalue weighted by molar-refractivity contribution is -0.137. The van der Waals surface area contributed by atoms with Crippen LogP contribution in [0.15, 0.2) is 49.1 Å². The van der Waals surface area contributed by atoms with Gasteiger partial charge >= 0.3 is 6.18 Å². The third kappa shape index (κ3) is 4.58. The van der Waals surface area contributed by atoms with Crippen molar-refractivity contribution in [3.63, 3.8) is 0 Å². The molecular formula is C21H18F3N5OS. The molecule has 0 fully saturated rings. The number of Topliss-reactive ketones (excluding diaryl/α,β-unsaturated/α-hetero) is 1. The number of aryl methyl sites for hydroxylation is 1. The SMILES string of the molecule is C[C@@H](CC(=O)c1cc2c(cn1)ncn2C)c1cnc(Nc2ccc(C(F)(F)F)cc2)s1. The maximum atomic E-state index is 12.7. The Morgan fingerprint density at radius 2 is 1.90 bits per heavy atom. The summed E-state index contributed by atoms with van der Waals surface area (Å²) in [5.41, 5.74) is 1.75. The van der Waals surface area contributed by atoms with Crippen LogP contribution in [0.1, 0.15) is 40.2 Å². The van der Waals surface area contributed by atoms with E-state index in [4.69, 9.17) is 0 Å². The highest BCUT2D eigenvalue weighted by atomic mass is 32.1. The number of rotatable bonds is 6. The van der Waals surface area contributed by atoms with Crippen molar-refractivity contribution >= 4 is 39.0 Å². The lowest BCUT2D eigenvalue weighted by Gasteiger charge is -2.08. The van der Waals surface area contributed by atoms with Crippen molar-refractivity contribution in [2.24, 2.45) is 7.05 Å². The molecule has 10 heteroatoms. The van der Waals surface area contributed by atoms with E-state index < -0.39 is 11.7 Å². The van der Waals surface area contributed by atoms with Crippen molar-refractivity contribution < 1.29 is 18.0 Å². The van der Waals surface area contributed by atoms with E-state index in [9.17, 15) is 18.0 Å². The first-order valence-corrected chi connectivity index (χ1v) is 10.2. The molecule has 0 saturated heterocycles. The number of alkyl halides is 3. The molecule has 4 aromatic rings. The number of fused-ring (bicyclic) bond motifs is 1. The normalized spacial score (nSPS) is 12.8. The quantitative estimate of drug-likeness (QED) is 0.393. The molecule has 3 heterocycles. The standard InChI is InChI=1S/C21H18F3N5OS/c1-12(7-18(30)15-8-17-16(9-25-15)27-11-29(17)2)19-10-26-20(31-19)28-14-5-3-13(4-6-14)21(22,23)24/h3-6,8-12H,7H2,1-2H3,(H,26,28)/t12-/m0/s1. The number of carbonyl (C=O) groups excluding carboxylic acids is 1. The minimum Gasteiger partial charge on any atom is -0.334 e. The molecule has 160 valence electrons. The number of ketones is 1. The fourth-order valence-electron chi connectivity index (χ4n) is 3.10. The summed E-state index contributed by atoms with van der Waals surface area (Å²) in [6.45, 7) is 1.93. The van der Waals surface area contributed by atoms with E-state index in [0.717, 1.165) is 28.0 Å². The van der Waals surface area contributed by atoms with E-state index in [0.29, 0.717) is 16.5 Å². The third-order valence-corrected chi connectivity index (χ3v) is 6.01. The summed E-state index contributed by atoms with van der Waals surface area (Å²) in [4.78, 5) is 26.3. The molecule has 0 aliphatic heterocycles. The molecule has 1 aromatic carbocycles. The molecule has 6 nitrogen and oxygen atoms in total. The highest BCUT2D eigenvalue weighted by Gasteiger charge is 2.30. The number of imidazole rings is 1. The molecule has 3 aromatic heterocycles. The predicted molar refractivity (Wildman–Crippen MR) is 113 cm³/mol. The van der Waals surface area contributed by atoms with Crippen molar-refractivity contribution in [3.8, 4) is 0 Å². The molecule has 1 atom stereocenters. The molecule has 4 rings (SSSR count). The number of nitrogens with one attached hydrogen (secondary N) is 1. The average molecular weight is 445 g/mol. The van der Waals surface area contributed by atoms with E-state index in [1.165, 1.54) is 23.5 Å². The van der Waals surface area contributed by atoms with E-state index in [1.54, 1.807) is 24.8 Å². The number of anilines is 2. The van der Waals surface area contributed by atoms with Crippen LogP contribution in [-0.2, 0) is 13.2 Å². The van der Waals surface area contributed by atoms with Gasteiger partial charge < -0.3 is 9.88 Å². The Balaban J connectivity index is 1.42. The fraction of sp³-hybridized carbons (Fsp3) is 0.238. The Bertz CT molecular complexity index is 1230. The Morgan fingerprint density at radius 1 is 1.16 bits per heavy atom. The number of benzene rings is 1. The molecule has 0 aliphatic carbocycles. The van der Waals surface area contributed by atoms with Crippen LogP contribution in [0.3, 0.4) is 0 Å². The second-order valence-electron chi connectivity index (χ2n) is 7.21. The number of aromatic nitrogens is 4. The summed E-state index contributed by atoms with van der Waals surface area (Å²) in [5.74, 6) is -0.168. The second kappa shape index (κ2) is 8.10. The zero-order valence-electron chi connectivity index (χ0n) is 16.6. The maximum Gasteiger partial charge on any atom is 0.416 e. The lowest BCUT2D eigenvalue weighted by atomic mass is 10.0. The molecule has 0 radical (unpaired) electrons. The van der Waals surface area contributed by atoms with Crippen molar-refractivity contribution in [1.82, 2.24) is 19.5 Å². The van der Waals surface area contributed by atoms with Gasteiger partial charge in [-0.2, -0.15) is 13.2 Å². The number of carbonyl (C=O) groups is 1. The molecule has 0 saturated carbocycles. The number of hydrogen-bond acceptors (Lipinski definition) is 6. The molecule has 0 spiro atoms. The highest BCUT2D eigenvalue weighted by Crippen LogP contribution is 2.33. The van der Waals surface area contributed by atoms with Gasteiger partial charge in [0, 0.05) is 30.2 Å². The van der Waals surface area contributed by atoms with Crippen LogP contribution in [0.2, 0.25) is 0 Å². The van der Waals surface area contributed by atoms with Crippen molar-refractivity contribution in [2.45, 2.75) is 25.4 Å². The lowest BCUT2D eigenvalue weighted by Crippen LogP contribution is -2.06. The van der Waals surface area contributed by atoms with Gasteiger partial charge in [-0.05, 0) is 36.2 Å².